The Hall–Kier alpha value is -1.57. The van der Waals surface area contributed by atoms with E-state index in [0.29, 0.717) is 6.42 Å². The smallest absolute Gasteiger partial charge is 0.226 e. The molecule has 0 N–H and O–H groups in total. The average molecular weight is 189 g/mol. The lowest BCUT2D eigenvalue weighted by Gasteiger charge is -2.09. The van der Waals surface area contributed by atoms with Gasteiger partial charge in [-0.15, -0.1) is 0 Å². The van der Waals surface area contributed by atoms with Gasteiger partial charge in [-0.3, -0.25) is 4.79 Å². The molecule has 0 aliphatic heterocycles. The Morgan fingerprint density at radius 1 is 1.36 bits per heavy atom. The number of amides is 1. The van der Waals surface area contributed by atoms with Gasteiger partial charge in [-0.1, -0.05) is 36.9 Å². The van der Waals surface area contributed by atoms with Crippen LogP contribution in [0.25, 0.3) is 6.08 Å². The summed E-state index contributed by atoms with van der Waals surface area (Å²) in [7, 11) is 3.53. The molecule has 0 atom stereocenters. The summed E-state index contributed by atoms with van der Waals surface area (Å²) in [6, 6.07) is 7.84. The SMILES string of the molecule is C=Cc1ccc(CC(=O)N(C)C)cc1. The lowest BCUT2D eigenvalue weighted by atomic mass is 10.1. The van der Waals surface area contributed by atoms with Gasteiger partial charge in [-0.2, -0.15) is 0 Å². The number of hydrogen-bond donors (Lipinski definition) is 0. The zero-order valence-electron chi connectivity index (χ0n) is 8.66. The third-order valence-corrected chi connectivity index (χ3v) is 2.07. The highest BCUT2D eigenvalue weighted by Gasteiger charge is 2.04. The highest BCUT2D eigenvalue weighted by Crippen LogP contribution is 2.06. The first-order chi connectivity index (χ1) is 6.63. The maximum atomic E-state index is 11.4. The van der Waals surface area contributed by atoms with Crippen LogP contribution in [0.4, 0.5) is 0 Å². The molecule has 0 saturated heterocycles. The molecule has 0 radical (unpaired) electrons. The van der Waals surface area contributed by atoms with Gasteiger partial charge in [0.2, 0.25) is 5.91 Å². The van der Waals surface area contributed by atoms with E-state index < -0.39 is 0 Å². The van der Waals surface area contributed by atoms with E-state index in [4.69, 9.17) is 0 Å². The minimum Gasteiger partial charge on any atom is -0.349 e. The molecule has 74 valence electrons. The molecular formula is C12H15NO. The van der Waals surface area contributed by atoms with E-state index in [0.717, 1.165) is 11.1 Å². The predicted octanol–water partition coefficient (Wildman–Crippen LogP) is 1.96. The van der Waals surface area contributed by atoms with Crippen LogP contribution in [0, 0.1) is 0 Å². The molecule has 1 amide bonds. The van der Waals surface area contributed by atoms with Crippen LogP contribution < -0.4 is 0 Å². The number of nitrogens with zero attached hydrogens (tertiary/aromatic N) is 1. The Kier molecular flexibility index (Phi) is 3.46. The lowest BCUT2D eigenvalue weighted by Crippen LogP contribution is -2.23. The Balaban J connectivity index is 2.69. The quantitative estimate of drug-likeness (QED) is 0.711. The van der Waals surface area contributed by atoms with Crippen molar-refractivity contribution in [2.45, 2.75) is 6.42 Å². The molecule has 0 bridgehead atoms. The molecule has 0 aliphatic carbocycles. The molecule has 0 saturated carbocycles. The summed E-state index contributed by atoms with van der Waals surface area (Å²) in [6.07, 6.45) is 2.25. The Morgan fingerprint density at radius 3 is 2.36 bits per heavy atom. The van der Waals surface area contributed by atoms with Crippen molar-refractivity contribution in [2.24, 2.45) is 0 Å². The van der Waals surface area contributed by atoms with Crippen molar-refractivity contribution in [1.29, 1.82) is 0 Å². The summed E-state index contributed by atoms with van der Waals surface area (Å²) < 4.78 is 0. The predicted molar refractivity (Wildman–Crippen MR) is 58.9 cm³/mol. The van der Waals surface area contributed by atoms with Gasteiger partial charge in [-0.25, -0.2) is 0 Å². The summed E-state index contributed by atoms with van der Waals surface area (Å²) in [5.74, 6) is 0.122. The average Bonchev–Trinajstić information content (AvgIpc) is 2.19. The van der Waals surface area contributed by atoms with E-state index >= 15 is 0 Å². The number of benzene rings is 1. The maximum absolute atomic E-state index is 11.4. The Bertz CT molecular complexity index is 325. The molecule has 0 spiro atoms. The Labute approximate surface area is 84.9 Å². The van der Waals surface area contributed by atoms with Gasteiger partial charge in [0.15, 0.2) is 0 Å². The van der Waals surface area contributed by atoms with E-state index in [9.17, 15) is 4.79 Å². The summed E-state index contributed by atoms with van der Waals surface area (Å²) in [5.41, 5.74) is 2.11. The molecule has 0 unspecified atom stereocenters. The van der Waals surface area contributed by atoms with Gasteiger partial charge in [0, 0.05) is 14.1 Å². The summed E-state index contributed by atoms with van der Waals surface area (Å²) in [6.45, 7) is 3.67. The molecular weight excluding hydrogens is 174 g/mol. The van der Waals surface area contributed by atoms with Crippen LogP contribution in [0.1, 0.15) is 11.1 Å². The summed E-state index contributed by atoms with van der Waals surface area (Å²) >= 11 is 0. The zero-order valence-corrected chi connectivity index (χ0v) is 8.66. The minimum absolute atomic E-state index is 0.122. The first kappa shape index (κ1) is 10.5. The first-order valence-corrected chi connectivity index (χ1v) is 4.55. The normalized spacial score (nSPS) is 9.57. The van der Waals surface area contributed by atoms with E-state index in [2.05, 4.69) is 6.58 Å². The number of hydrogen-bond acceptors (Lipinski definition) is 1. The van der Waals surface area contributed by atoms with Crippen molar-refractivity contribution in [3.05, 3.63) is 42.0 Å². The molecule has 1 aromatic rings. The number of rotatable bonds is 3. The molecule has 1 aromatic carbocycles. The molecule has 0 aliphatic rings. The van der Waals surface area contributed by atoms with Crippen molar-refractivity contribution in [3.63, 3.8) is 0 Å². The fourth-order valence-corrected chi connectivity index (χ4v) is 1.10. The second-order valence-corrected chi connectivity index (χ2v) is 3.41. The van der Waals surface area contributed by atoms with Gasteiger partial charge in [0.05, 0.1) is 6.42 Å². The van der Waals surface area contributed by atoms with Crippen LogP contribution in [-0.2, 0) is 11.2 Å². The fourth-order valence-electron chi connectivity index (χ4n) is 1.10. The molecule has 2 heteroatoms. The van der Waals surface area contributed by atoms with Gasteiger partial charge in [0.25, 0.3) is 0 Å². The molecule has 0 heterocycles. The molecule has 0 fully saturated rings. The van der Waals surface area contributed by atoms with E-state index in [-0.39, 0.29) is 5.91 Å². The van der Waals surface area contributed by atoms with Gasteiger partial charge in [-0.05, 0) is 11.1 Å². The second-order valence-electron chi connectivity index (χ2n) is 3.41. The first-order valence-electron chi connectivity index (χ1n) is 4.55. The highest BCUT2D eigenvalue weighted by atomic mass is 16.2. The third-order valence-electron chi connectivity index (χ3n) is 2.07. The van der Waals surface area contributed by atoms with Crippen molar-refractivity contribution in [3.8, 4) is 0 Å². The lowest BCUT2D eigenvalue weighted by molar-refractivity contribution is -0.127. The monoisotopic (exact) mass is 189 g/mol. The van der Waals surface area contributed by atoms with Crippen LogP contribution in [0.2, 0.25) is 0 Å². The number of carbonyl (C=O) groups is 1. The number of likely N-dealkylation sites (N-methyl/N-ethyl adjacent to an activating group) is 1. The van der Waals surface area contributed by atoms with E-state index in [1.54, 1.807) is 25.1 Å². The number of carbonyl (C=O) groups excluding carboxylic acids is 1. The van der Waals surface area contributed by atoms with E-state index in [1.807, 2.05) is 24.3 Å². The molecule has 0 aromatic heterocycles. The third kappa shape index (κ3) is 2.73. The topological polar surface area (TPSA) is 20.3 Å². The largest absolute Gasteiger partial charge is 0.349 e. The zero-order chi connectivity index (χ0) is 10.6. The maximum Gasteiger partial charge on any atom is 0.226 e. The molecule has 2 nitrogen and oxygen atoms in total. The van der Waals surface area contributed by atoms with Crippen LogP contribution >= 0.6 is 0 Å². The van der Waals surface area contributed by atoms with E-state index in [1.165, 1.54) is 0 Å². The van der Waals surface area contributed by atoms with Crippen LogP contribution in [0.3, 0.4) is 0 Å². The second kappa shape index (κ2) is 4.61. The van der Waals surface area contributed by atoms with Gasteiger partial charge in [0.1, 0.15) is 0 Å². The molecule has 14 heavy (non-hydrogen) atoms. The van der Waals surface area contributed by atoms with Crippen LogP contribution in [0.15, 0.2) is 30.8 Å². The van der Waals surface area contributed by atoms with Gasteiger partial charge >= 0.3 is 0 Å². The van der Waals surface area contributed by atoms with Crippen molar-refractivity contribution >= 4 is 12.0 Å². The van der Waals surface area contributed by atoms with Crippen LogP contribution in [0.5, 0.6) is 0 Å². The minimum atomic E-state index is 0.122. The van der Waals surface area contributed by atoms with Crippen molar-refractivity contribution in [2.75, 3.05) is 14.1 Å². The van der Waals surface area contributed by atoms with Gasteiger partial charge < -0.3 is 4.90 Å². The van der Waals surface area contributed by atoms with Crippen LogP contribution in [-0.4, -0.2) is 24.9 Å². The molecule has 1 rings (SSSR count). The summed E-state index contributed by atoms with van der Waals surface area (Å²) in [4.78, 5) is 13.0. The van der Waals surface area contributed by atoms with Crippen molar-refractivity contribution < 1.29 is 4.79 Å². The standard InChI is InChI=1S/C12H15NO/c1-4-10-5-7-11(8-6-10)9-12(14)13(2)3/h4-8H,1,9H2,2-3H3. The summed E-state index contributed by atoms with van der Waals surface area (Å²) in [5, 5.41) is 0. The fraction of sp³-hybridized carbons (Fsp3) is 0.250. The Morgan fingerprint density at radius 2 is 1.93 bits per heavy atom. The van der Waals surface area contributed by atoms with Crippen molar-refractivity contribution in [1.82, 2.24) is 4.90 Å². The highest BCUT2D eigenvalue weighted by molar-refractivity contribution is 5.78.